The lowest BCUT2D eigenvalue weighted by Gasteiger charge is -2.33. The van der Waals surface area contributed by atoms with Crippen LogP contribution in [0, 0.1) is 5.92 Å². The molecule has 3 aromatic rings. The monoisotopic (exact) mass is 498 g/mol. The van der Waals surface area contributed by atoms with E-state index in [0.717, 1.165) is 22.0 Å². The molecule has 0 unspecified atom stereocenters. The number of nitrogens with two attached hydrogens (primary N) is 1. The summed E-state index contributed by atoms with van der Waals surface area (Å²) in [6.07, 6.45) is 3.51. The van der Waals surface area contributed by atoms with Gasteiger partial charge in [-0.15, -0.1) is 12.4 Å². The van der Waals surface area contributed by atoms with Crippen LogP contribution >= 0.6 is 12.4 Å². The summed E-state index contributed by atoms with van der Waals surface area (Å²) in [7, 11) is 0. The number of nitrogens with zero attached hydrogens (tertiary/aromatic N) is 1. The molecule has 0 spiro atoms. The molecule has 2 heterocycles. The van der Waals surface area contributed by atoms with Gasteiger partial charge in [0.25, 0.3) is 0 Å². The topological polar surface area (TPSA) is 129 Å². The number of piperidine rings is 1. The zero-order chi connectivity index (χ0) is 24.1. The van der Waals surface area contributed by atoms with E-state index in [2.05, 4.69) is 10.3 Å². The van der Waals surface area contributed by atoms with Crippen molar-refractivity contribution in [2.45, 2.75) is 37.8 Å². The SMILES string of the molecule is Cl.N[C@@H](Cc1c[nH]c2ccccc12)C(=O)N1CCC(C(=O)N[C@@H](Cc2ccccc2)C(=O)O)CC1. The molecule has 8 nitrogen and oxygen atoms in total. The fraction of sp³-hybridized carbons (Fsp3) is 0.346. The van der Waals surface area contributed by atoms with Crippen LogP contribution in [-0.4, -0.2) is 57.9 Å². The number of carbonyl (C=O) groups excluding carboxylic acids is 2. The van der Waals surface area contributed by atoms with Crippen LogP contribution in [0.3, 0.4) is 0 Å². The third kappa shape index (κ3) is 6.41. The molecule has 5 N–H and O–H groups in total. The van der Waals surface area contributed by atoms with Crippen LogP contribution in [0.5, 0.6) is 0 Å². The number of carboxylic acid groups (broad SMARTS) is 1. The first-order chi connectivity index (χ1) is 16.4. The van der Waals surface area contributed by atoms with Gasteiger partial charge in [0, 0.05) is 42.5 Å². The number of aliphatic carboxylic acids is 1. The van der Waals surface area contributed by atoms with Crippen molar-refractivity contribution in [2.75, 3.05) is 13.1 Å². The highest BCUT2D eigenvalue weighted by Gasteiger charge is 2.31. The lowest BCUT2D eigenvalue weighted by molar-refractivity contribution is -0.143. The molecule has 2 amide bonds. The summed E-state index contributed by atoms with van der Waals surface area (Å²) in [4.78, 5) is 42.2. The van der Waals surface area contributed by atoms with Crippen molar-refractivity contribution in [1.29, 1.82) is 0 Å². The number of likely N-dealkylation sites (tertiary alicyclic amines) is 1. The Hall–Kier alpha value is -3.36. The molecule has 4 rings (SSSR count). The number of carboxylic acids is 1. The number of rotatable bonds is 8. The highest BCUT2D eigenvalue weighted by molar-refractivity contribution is 5.87. The number of hydrogen-bond acceptors (Lipinski definition) is 4. The number of nitrogens with one attached hydrogen (secondary N) is 2. The Balaban J connectivity index is 0.00000342. The lowest BCUT2D eigenvalue weighted by Crippen LogP contribution is -2.51. The second-order valence-electron chi connectivity index (χ2n) is 8.86. The van der Waals surface area contributed by atoms with E-state index in [4.69, 9.17) is 5.73 Å². The average Bonchev–Trinajstić information content (AvgIpc) is 3.26. The Bertz CT molecular complexity index is 1160. The quantitative estimate of drug-likeness (QED) is 0.379. The van der Waals surface area contributed by atoms with Gasteiger partial charge in [0.05, 0.1) is 6.04 Å². The van der Waals surface area contributed by atoms with Crippen LogP contribution in [0.1, 0.15) is 24.0 Å². The molecule has 1 aromatic heterocycles. The van der Waals surface area contributed by atoms with E-state index in [-0.39, 0.29) is 36.6 Å². The summed E-state index contributed by atoms with van der Waals surface area (Å²) >= 11 is 0. The van der Waals surface area contributed by atoms with E-state index in [9.17, 15) is 19.5 Å². The Morgan fingerprint density at radius 3 is 2.37 bits per heavy atom. The van der Waals surface area contributed by atoms with Crippen molar-refractivity contribution in [3.05, 3.63) is 71.9 Å². The van der Waals surface area contributed by atoms with Crippen molar-refractivity contribution in [1.82, 2.24) is 15.2 Å². The van der Waals surface area contributed by atoms with Crippen LogP contribution in [0.2, 0.25) is 0 Å². The highest BCUT2D eigenvalue weighted by atomic mass is 35.5. The Kier molecular flexibility index (Phi) is 8.89. The predicted molar refractivity (Wildman–Crippen MR) is 136 cm³/mol. The standard InChI is InChI=1S/C26H30N4O4.ClH/c27-21(15-19-16-28-22-9-5-4-8-20(19)22)25(32)30-12-10-18(11-13-30)24(31)29-23(26(33)34)14-17-6-2-1-3-7-17;/h1-9,16,18,21,23,28H,10-15,27H2,(H,29,31)(H,33,34);1H/t21-,23-;/m0./s1. The fourth-order valence-electron chi connectivity index (χ4n) is 4.56. The fourth-order valence-corrected chi connectivity index (χ4v) is 4.56. The summed E-state index contributed by atoms with van der Waals surface area (Å²) in [6, 6.07) is 15.5. The van der Waals surface area contributed by atoms with Crippen LogP contribution in [0.4, 0.5) is 0 Å². The summed E-state index contributed by atoms with van der Waals surface area (Å²) in [6.45, 7) is 0.851. The number of halogens is 1. The van der Waals surface area contributed by atoms with Gasteiger partial charge in [-0.25, -0.2) is 4.79 Å². The maximum absolute atomic E-state index is 12.9. The summed E-state index contributed by atoms with van der Waals surface area (Å²) in [5.41, 5.74) is 9.11. The Morgan fingerprint density at radius 1 is 1.03 bits per heavy atom. The van der Waals surface area contributed by atoms with E-state index in [1.165, 1.54) is 0 Å². The molecule has 35 heavy (non-hydrogen) atoms. The van der Waals surface area contributed by atoms with Gasteiger partial charge in [-0.05, 0) is 36.5 Å². The Morgan fingerprint density at radius 2 is 1.69 bits per heavy atom. The lowest BCUT2D eigenvalue weighted by atomic mass is 9.94. The molecule has 2 aromatic carbocycles. The first kappa shape index (κ1) is 26.2. The van der Waals surface area contributed by atoms with Crippen LogP contribution in [0.15, 0.2) is 60.8 Å². The van der Waals surface area contributed by atoms with Gasteiger partial charge in [0.2, 0.25) is 11.8 Å². The minimum absolute atomic E-state index is 0. The average molecular weight is 499 g/mol. The number of aromatic amines is 1. The molecule has 1 aliphatic rings. The Labute approximate surface area is 210 Å². The molecule has 186 valence electrons. The number of para-hydroxylation sites is 1. The molecule has 0 radical (unpaired) electrons. The zero-order valence-electron chi connectivity index (χ0n) is 19.4. The van der Waals surface area contributed by atoms with Gasteiger partial charge in [-0.3, -0.25) is 9.59 Å². The number of amides is 2. The molecule has 0 bridgehead atoms. The molecule has 9 heteroatoms. The van der Waals surface area contributed by atoms with Gasteiger partial charge < -0.3 is 26.0 Å². The number of aromatic nitrogens is 1. The zero-order valence-corrected chi connectivity index (χ0v) is 20.2. The summed E-state index contributed by atoms with van der Waals surface area (Å²) in [5, 5.41) is 13.3. The first-order valence-electron chi connectivity index (χ1n) is 11.6. The van der Waals surface area contributed by atoms with Gasteiger partial charge in [0.1, 0.15) is 6.04 Å². The van der Waals surface area contributed by atoms with E-state index >= 15 is 0 Å². The van der Waals surface area contributed by atoms with Crippen molar-refractivity contribution >= 4 is 41.1 Å². The first-order valence-corrected chi connectivity index (χ1v) is 11.6. The maximum atomic E-state index is 12.9. The molecule has 1 saturated heterocycles. The number of fused-ring (bicyclic) bond motifs is 1. The van der Waals surface area contributed by atoms with Gasteiger partial charge in [-0.1, -0.05) is 48.5 Å². The third-order valence-electron chi connectivity index (χ3n) is 6.51. The molecular weight excluding hydrogens is 468 g/mol. The second-order valence-corrected chi connectivity index (χ2v) is 8.86. The number of hydrogen-bond donors (Lipinski definition) is 4. The summed E-state index contributed by atoms with van der Waals surface area (Å²) < 4.78 is 0. The van der Waals surface area contributed by atoms with E-state index < -0.39 is 18.1 Å². The predicted octanol–water partition coefficient (Wildman–Crippen LogP) is 2.51. The molecule has 1 fully saturated rings. The molecule has 1 aliphatic heterocycles. The minimum atomic E-state index is -1.06. The van der Waals surface area contributed by atoms with E-state index in [1.54, 1.807) is 4.90 Å². The second kappa shape index (κ2) is 11.9. The van der Waals surface area contributed by atoms with E-state index in [0.29, 0.717) is 32.4 Å². The molecule has 0 aliphatic carbocycles. The number of carbonyl (C=O) groups is 3. The van der Waals surface area contributed by atoms with Crippen LogP contribution < -0.4 is 11.1 Å². The van der Waals surface area contributed by atoms with Crippen molar-refractivity contribution in [2.24, 2.45) is 11.7 Å². The minimum Gasteiger partial charge on any atom is -0.480 e. The molecule has 2 atom stereocenters. The van der Waals surface area contributed by atoms with Crippen molar-refractivity contribution < 1.29 is 19.5 Å². The van der Waals surface area contributed by atoms with E-state index in [1.807, 2.05) is 60.8 Å². The third-order valence-corrected chi connectivity index (χ3v) is 6.51. The van der Waals surface area contributed by atoms with Crippen molar-refractivity contribution in [3.8, 4) is 0 Å². The highest BCUT2D eigenvalue weighted by Crippen LogP contribution is 2.21. The molecule has 0 saturated carbocycles. The van der Waals surface area contributed by atoms with Crippen molar-refractivity contribution in [3.63, 3.8) is 0 Å². The normalized spacial score (nSPS) is 15.7. The summed E-state index contributed by atoms with van der Waals surface area (Å²) in [5.74, 6) is -1.80. The van der Waals surface area contributed by atoms with Gasteiger partial charge >= 0.3 is 5.97 Å². The number of benzene rings is 2. The van der Waals surface area contributed by atoms with Gasteiger partial charge in [-0.2, -0.15) is 0 Å². The van der Waals surface area contributed by atoms with Gasteiger partial charge in [0.15, 0.2) is 0 Å². The number of H-pyrrole nitrogens is 1. The van der Waals surface area contributed by atoms with Crippen LogP contribution in [-0.2, 0) is 27.2 Å². The van der Waals surface area contributed by atoms with Crippen LogP contribution in [0.25, 0.3) is 10.9 Å². The largest absolute Gasteiger partial charge is 0.480 e. The molecular formula is C26H31ClN4O4. The maximum Gasteiger partial charge on any atom is 0.326 e. The smallest absolute Gasteiger partial charge is 0.326 e.